The minimum Gasteiger partial charge on any atom is -0.295 e. The molecule has 1 saturated heterocycles. The number of benzene rings is 1. The third-order valence-electron chi connectivity index (χ3n) is 4.57. The number of aryl methyl sites for hydroxylation is 1. The summed E-state index contributed by atoms with van der Waals surface area (Å²) >= 11 is 0. The van der Waals surface area contributed by atoms with Crippen LogP contribution < -0.4 is 11.0 Å². The maximum Gasteiger partial charge on any atom is 0.329 e. The van der Waals surface area contributed by atoms with Gasteiger partial charge in [-0.05, 0) is 23.5 Å². The molecule has 2 heterocycles. The van der Waals surface area contributed by atoms with Gasteiger partial charge >= 0.3 is 5.69 Å². The van der Waals surface area contributed by atoms with Crippen molar-refractivity contribution >= 4 is 22.8 Å². The van der Waals surface area contributed by atoms with Gasteiger partial charge in [-0.15, -0.1) is 0 Å². The molecule has 1 aliphatic rings. The molecule has 8 heteroatoms. The summed E-state index contributed by atoms with van der Waals surface area (Å²) in [5, 5.41) is 2.14. The van der Waals surface area contributed by atoms with E-state index in [9.17, 15) is 23.2 Å². The van der Waals surface area contributed by atoms with Crippen molar-refractivity contribution in [1.82, 2.24) is 14.5 Å². The van der Waals surface area contributed by atoms with Crippen molar-refractivity contribution in [2.75, 3.05) is 0 Å². The number of piperidine rings is 1. The van der Waals surface area contributed by atoms with Gasteiger partial charge in [-0.2, -0.15) is 0 Å². The first-order valence-corrected chi connectivity index (χ1v) is 7.97. The molecule has 25 heavy (non-hydrogen) atoms. The number of hydrogen-bond acceptors (Lipinski definition) is 3. The van der Waals surface area contributed by atoms with E-state index >= 15 is 0 Å². The van der Waals surface area contributed by atoms with Crippen molar-refractivity contribution in [3.8, 4) is 0 Å². The van der Waals surface area contributed by atoms with Gasteiger partial charge in [-0.3, -0.25) is 24.0 Å². The van der Waals surface area contributed by atoms with E-state index in [1.807, 2.05) is 20.8 Å². The molecule has 0 saturated carbocycles. The first-order chi connectivity index (χ1) is 11.5. The van der Waals surface area contributed by atoms with Gasteiger partial charge in [0.15, 0.2) is 11.6 Å². The van der Waals surface area contributed by atoms with Crippen LogP contribution in [0.4, 0.5) is 8.78 Å². The van der Waals surface area contributed by atoms with Crippen molar-refractivity contribution < 1.29 is 18.4 Å². The van der Waals surface area contributed by atoms with E-state index in [1.165, 1.54) is 11.6 Å². The van der Waals surface area contributed by atoms with E-state index in [4.69, 9.17) is 0 Å². The Balaban J connectivity index is 2.40. The summed E-state index contributed by atoms with van der Waals surface area (Å²) in [6.07, 6.45) is 0.0901. The zero-order valence-corrected chi connectivity index (χ0v) is 14.4. The summed E-state index contributed by atoms with van der Waals surface area (Å²) < 4.78 is 31.1. The van der Waals surface area contributed by atoms with Gasteiger partial charge in [0.2, 0.25) is 11.8 Å². The van der Waals surface area contributed by atoms with Crippen LogP contribution in [0.25, 0.3) is 11.0 Å². The van der Waals surface area contributed by atoms with E-state index in [1.54, 1.807) is 0 Å². The summed E-state index contributed by atoms with van der Waals surface area (Å²) in [5.41, 5.74) is -0.701. The Kier molecular flexibility index (Phi) is 3.81. The Morgan fingerprint density at radius 2 is 1.80 bits per heavy atom. The number of nitrogens with one attached hydrogen (secondary N) is 1. The maximum atomic E-state index is 14.6. The number of halogens is 2. The molecule has 2 aromatic rings. The Hall–Kier alpha value is -2.51. The van der Waals surface area contributed by atoms with Gasteiger partial charge < -0.3 is 0 Å². The molecule has 6 nitrogen and oxygen atoms in total. The van der Waals surface area contributed by atoms with Gasteiger partial charge in [0.05, 0.1) is 5.52 Å². The van der Waals surface area contributed by atoms with Crippen molar-refractivity contribution in [2.24, 2.45) is 7.05 Å². The lowest BCUT2D eigenvalue weighted by Gasteiger charge is -2.23. The van der Waals surface area contributed by atoms with Crippen LogP contribution >= 0.6 is 0 Å². The zero-order chi connectivity index (χ0) is 18.7. The number of fused-ring (bicyclic) bond motifs is 1. The molecule has 1 N–H and O–H groups in total. The van der Waals surface area contributed by atoms with Gasteiger partial charge in [-0.1, -0.05) is 20.8 Å². The fourth-order valence-electron chi connectivity index (χ4n) is 3.30. The zero-order valence-electron chi connectivity index (χ0n) is 14.4. The smallest absolute Gasteiger partial charge is 0.295 e. The number of aromatic nitrogens is 2. The Morgan fingerprint density at radius 3 is 2.36 bits per heavy atom. The largest absolute Gasteiger partial charge is 0.329 e. The van der Waals surface area contributed by atoms with Crippen molar-refractivity contribution in [3.05, 3.63) is 33.7 Å². The fraction of sp³-hybridized carbons (Fsp3) is 0.471. The fourth-order valence-corrected chi connectivity index (χ4v) is 3.30. The molecule has 0 spiro atoms. The minimum atomic E-state index is -1.18. The van der Waals surface area contributed by atoms with E-state index in [0.29, 0.717) is 5.56 Å². The van der Waals surface area contributed by atoms with E-state index in [0.717, 1.165) is 10.6 Å². The standard InChI is InChI=1S/C17H19F2N3O3/c1-17(2,3)8-7-9(18)12(19)14-13(8)21(4)16(25)22(14)10-5-6-11(23)20-15(10)24/h7,10H,5-6H2,1-4H3,(H,20,23,24). The second-order valence-corrected chi connectivity index (χ2v) is 7.35. The van der Waals surface area contributed by atoms with Crippen LogP contribution in [-0.2, 0) is 22.1 Å². The SMILES string of the molecule is Cn1c(=O)n(C2CCC(=O)NC2=O)c2c(F)c(F)cc(C(C)(C)C)c21. The molecular weight excluding hydrogens is 332 g/mol. The molecule has 1 atom stereocenters. The molecule has 1 aromatic carbocycles. The van der Waals surface area contributed by atoms with Crippen LogP contribution in [0.1, 0.15) is 45.2 Å². The molecule has 0 aliphatic carbocycles. The van der Waals surface area contributed by atoms with Crippen LogP contribution in [0.3, 0.4) is 0 Å². The minimum absolute atomic E-state index is 0.0301. The summed E-state index contributed by atoms with van der Waals surface area (Å²) in [6.45, 7) is 5.48. The predicted octanol–water partition coefficient (Wildman–Crippen LogP) is 1.89. The van der Waals surface area contributed by atoms with Crippen LogP contribution in [0.2, 0.25) is 0 Å². The molecule has 0 bridgehead atoms. The second kappa shape index (κ2) is 5.50. The Bertz CT molecular complexity index is 966. The predicted molar refractivity (Wildman–Crippen MR) is 87.2 cm³/mol. The number of rotatable bonds is 1. The summed E-state index contributed by atoms with van der Waals surface area (Å²) in [7, 11) is 1.46. The number of hydrogen-bond donors (Lipinski definition) is 1. The number of carbonyl (C=O) groups excluding carboxylic acids is 2. The third kappa shape index (κ3) is 2.56. The number of amides is 2. The van der Waals surface area contributed by atoms with Crippen molar-refractivity contribution in [1.29, 1.82) is 0 Å². The van der Waals surface area contributed by atoms with E-state index in [-0.39, 0.29) is 23.9 Å². The van der Waals surface area contributed by atoms with E-state index < -0.39 is 40.6 Å². The van der Waals surface area contributed by atoms with Crippen LogP contribution in [0.5, 0.6) is 0 Å². The number of carbonyl (C=O) groups is 2. The van der Waals surface area contributed by atoms with Gasteiger partial charge in [-0.25, -0.2) is 13.6 Å². The average molecular weight is 351 g/mol. The van der Waals surface area contributed by atoms with Gasteiger partial charge in [0, 0.05) is 13.5 Å². The van der Waals surface area contributed by atoms with E-state index in [2.05, 4.69) is 5.32 Å². The highest BCUT2D eigenvalue weighted by Crippen LogP contribution is 2.34. The highest BCUT2D eigenvalue weighted by atomic mass is 19.2. The first kappa shape index (κ1) is 17.3. The molecule has 1 unspecified atom stereocenters. The second-order valence-electron chi connectivity index (χ2n) is 7.35. The topological polar surface area (TPSA) is 73.1 Å². The average Bonchev–Trinajstić information content (AvgIpc) is 2.75. The van der Waals surface area contributed by atoms with Crippen molar-refractivity contribution in [3.63, 3.8) is 0 Å². The first-order valence-electron chi connectivity index (χ1n) is 7.97. The monoisotopic (exact) mass is 351 g/mol. The highest BCUT2D eigenvalue weighted by molar-refractivity contribution is 6.00. The van der Waals surface area contributed by atoms with Gasteiger partial charge in [0.1, 0.15) is 11.6 Å². The summed E-state index contributed by atoms with van der Waals surface area (Å²) in [4.78, 5) is 36.3. The molecule has 134 valence electrons. The molecule has 3 rings (SSSR count). The molecule has 1 fully saturated rings. The summed E-state index contributed by atoms with van der Waals surface area (Å²) in [6, 6.07) is 0.0318. The quantitative estimate of drug-likeness (QED) is 0.798. The third-order valence-corrected chi connectivity index (χ3v) is 4.57. The molecule has 1 aromatic heterocycles. The number of nitrogens with zero attached hydrogens (tertiary/aromatic N) is 2. The van der Waals surface area contributed by atoms with Crippen LogP contribution in [-0.4, -0.2) is 20.9 Å². The number of imidazole rings is 1. The maximum absolute atomic E-state index is 14.6. The molecule has 1 aliphatic heterocycles. The van der Waals surface area contributed by atoms with Gasteiger partial charge in [0.25, 0.3) is 0 Å². The lowest BCUT2D eigenvalue weighted by atomic mass is 9.86. The number of imide groups is 1. The van der Waals surface area contributed by atoms with Crippen LogP contribution in [0, 0.1) is 11.6 Å². The van der Waals surface area contributed by atoms with Crippen LogP contribution in [0.15, 0.2) is 10.9 Å². The Morgan fingerprint density at radius 1 is 1.16 bits per heavy atom. The van der Waals surface area contributed by atoms with Crippen molar-refractivity contribution in [2.45, 2.75) is 45.1 Å². The lowest BCUT2D eigenvalue weighted by Crippen LogP contribution is -2.44. The molecule has 2 amide bonds. The summed E-state index contributed by atoms with van der Waals surface area (Å²) in [5.74, 6) is -3.39. The lowest BCUT2D eigenvalue weighted by molar-refractivity contribution is -0.135. The Labute approximate surface area is 142 Å². The normalized spacial score (nSPS) is 18.7. The molecular formula is C17H19F2N3O3. The molecule has 0 radical (unpaired) electrons. The highest BCUT2D eigenvalue weighted by Gasteiger charge is 2.34.